The number of nitrogens with zero attached hydrogens (tertiary/aromatic N) is 3. The number of ether oxygens (including phenoxy) is 2. The van der Waals surface area contributed by atoms with E-state index in [4.69, 9.17) is 21.1 Å². The molecule has 4 aromatic rings. The fourth-order valence-corrected chi connectivity index (χ4v) is 4.70. The molecule has 2 aromatic carbocycles. The van der Waals surface area contributed by atoms with Crippen LogP contribution in [0.5, 0.6) is 11.5 Å². The van der Waals surface area contributed by atoms with Gasteiger partial charge in [0, 0.05) is 16.2 Å². The van der Waals surface area contributed by atoms with Crippen molar-refractivity contribution in [3.05, 3.63) is 58.4 Å². The van der Waals surface area contributed by atoms with Crippen LogP contribution >= 0.6 is 34.7 Å². The summed E-state index contributed by atoms with van der Waals surface area (Å²) in [6.07, 6.45) is 0. The highest BCUT2D eigenvalue weighted by atomic mass is 35.5. The third-order valence-corrected chi connectivity index (χ3v) is 6.13. The van der Waals surface area contributed by atoms with Crippen LogP contribution in [-0.2, 0) is 5.75 Å². The molecule has 0 unspecified atom stereocenters. The van der Waals surface area contributed by atoms with Crippen LogP contribution in [0.1, 0.15) is 5.56 Å². The molecule has 26 heavy (non-hydrogen) atoms. The predicted molar refractivity (Wildman–Crippen MR) is 103 cm³/mol. The molecule has 0 amide bonds. The Hall–Kier alpha value is -2.22. The number of thiazole rings is 1. The Balaban J connectivity index is 1.44. The zero-order chi connectivity index (χ0) is 17.5. The molecule has 0 fully saturated rings. The number of benzene rings is 2. The lowest BCUT2D eigenvalue weighted by Crippen LogP contribution is -1.93. The average Bonchev–Trinajstić information content (AvgIpc) is 3.37. The molecule has 0 atom stereocenters. The van der Waals surface area contributed by atoms with Gasteiger partial charge in [-0.05, 0) is 35.4 Å². The zero-order valence-corrected chi connectivity index (χ0v) is 15.8. The van der Waals surface area contributed by atoms with Crippen LogP contribution in [-0.4, -0.2) is 21.4 Å². The summed E-state index contributed by atoms with van der Waals surface area (Å²) in [5, 5.41) is 12.3. The van der Waals surface area contributed by atoms with Gasteiger partial charge in [0.25, 0.3) is 0 Å². The molecule has 5 rings (SSSR count). The first-order chi connectivity index (χ1) is 12.8. The Bertz CT molecular complexity index is 1090. The lowest BCUT2D eigenvalue weighted by atomic mass is 10.2. The van der Waals surface area contributed by atoms with E-state index in [1.165, 1.54) is 0 Å². The summed E-state index contributed by atoms with van der Waals surface area (Å²) in [5.41, 5.74) is 3.31. The predicted octanol–water partition coefficient (Wildman–Crippen LogP) is 5.13. The number of fused-ring (bicyclic) bond motifs is 2. The number of aromatic nitrogens is 3. The lowest BCUT2D eigenvalue weighted by Gasteiger charge is -2.04. The third kappa shape index (κ3) is 2.82. The van der Waals surface area contributed by atoms with E-state index < -0.39 is 0 Å². The fourth-order valence-electron chi connectivity index (χ4n) is 2.79. The Morgan fingerprint density at radius 2 is 1.92 bits per heavy atom. The van der Waals surface area contributed by atoms with E-state index in [-0.39, 0.29) is 6.79 Å². The molecule has 1 aliphatic heterocycles. The minimum absolute atomic E-state index is 0.288. The molecule has 5 nitrogen and oxygen atoms in total. The fraction of sp³-hybridized carbons (Fsp3) is 0.111. The summed E-state index contributed by atoms with van der Waals surface area (Å²) in [6, 6.07) is 13.8. The van der Waals surface area contributed by atoms with Crippen LogP contribution in [0.2, 0.25) is 5.02 Å². The van der Waals surface area contributed by atoms with Crippen molar-refractivity contribution >= 4 is 39.7 Å². The van der Waals surface area contributed by atoms with Crippen LogP contribution in [0.25, 0.3) is 16.2 Å². The smallest absolute Gasteiger partial charge is 0.231 e. The molecule has 0 radical (unpaired) electrons. The van der Waals surface area contributed by atoms with Crippen LogP contribution in [0.15, 0.2) is 53.0 Å². The number of hydrogen-bond acceptors (Lipinski definition) is 6. The maximum absolute atomic E-state index is 6.01. The lowest BCUT2D eigenvalue weighted by molar-refractivity contribution is 0.174. The van der Waals surface area contributed by atoms with Crippen molar-refractivity contribution in [2.75, 3.05) is 6.79 Å². The van der Waals surface area contributed by atoms with E-state index in [0.717, 1.165) is 49.2 Å². The normalized spacial score (nSPS) is 12.8. The quantitative estimate of drug-likeness (QED) is 0.443. The summed E-state index contributed by atoms with van der Waals surface area (Å²) < 4.78 is 12.9. The Kier molecular flexibility index (Phi) is 4.00. The van der Waals surface area contributed by atoms with Gasteiger partial charge in [-0.3, -0.25) is 4.40 Å². The van der Waals surface area contributed by atoms with E-state index in [1.807, 2.05) is 42.5 Å². The van der Waals surface area contributed by atoms with E-state index in [0.29, 0.717) is 0 Å². The molecule has 1 aliphatic rings. The molecule has 0 spiro atoms. The standard InChI is InChI=1S/C18H12ClN3O2S2/c19-13-4-2-12(3-5-13)14-9-26-18-21-20-17(22(14)18)25-8-11-1-6-15-16(7-11)24-10-23-15/h1-7,9H,8,10H2. The van der Waals surface area contributed by atoms with Crippen molar-refractivity contribution in [1.82, 2.24) is 14.6 Å². The number of thioether (sulfide) groups is 1. The van der Waals surface area contributed by atoms with Crippen LogP contribution < -0.4 is 9.47 Å². The molecule has 8 heteroatoms. The monoisotopic (exact) mass is 401 g/mol. The van der Waals surface area contributed by atoms with Crippen LogP contribution in [0.4, 0.5) is 0 Å². The van der Waals surface area contributed by atoms with Gasteiger partial charge >= 0.3 is 0 Å². The number of halogens is 1. The summed E-state index contributed by atoms with van der Waals surface area (Å²) in [7, 11) is 0. The summed E-state index contributed by atoms with van der Waals surface area (Å²) in [5.74, 6) is 2.37. The first kappa shape index (κ1) is 16.0. The molecular weight excluding hydrogens is 390 g/mol. The SMILES string of the molecule is Clc1ccc(-c2csc3nnc(SCc4ccc5c(c4)OCO5)n23)cc1. The number of rotatable bonds is 4. The maximum Gasteiger partial charge on any atom is 0.231 e. The molecule has 0 N–H and O–H groups in total. The van der Waals surface area contributed by atoms with E-state index in [2.05, 4.69) is 20.0 Å². The maximum atomic E-state index is 6.01. The van der Waals surface area contributed by atoms with Crippen molar-refractivity contribution < 1.29 is 9.47 Å². The van der Waals surface area contributed by atoms with Crippen molar-refractivity contribution in [3.63, 3.8) is 0 Å². The van der Waals surface area contributed by atoms with Crippen LogP contribution in [0, 0.1) is 0 Å². The molecule has 0 bridgehead atoms. The van der Waals surface area contributed by atoms with Gasteiger partial charge in [-0.1, -0.05) is 41.6 Å². The van der Waals surface area contributed by atoms with E-state index >= 15 is 0 Å². The highest BCUT2D eigenvalue weighted by Gasteiger charge is 2.16. The van der Waals surface area contributed by atoms with Gasteiger partial charge in [0.1, 0.15) is 0 Å². The van der Waals surface area contributed by atoms with Crippen molar-refractivity contribution in [2.24, 2.45) is 0 Å². The highest BCUT2D eigenvalue weighted by molar-refractivity contribution is 7.98. The molecule has 2 aromatic heterocycles. The minimum atomic E-state index is 0.288. The highest BCUT2D eigenvalue weighted by Crippen LogP contribution is 2.35. The van der Waals surface area contributed by atoms with Gasteiger partial charge in [-0.25, -0.2) is 0 Å². The number of hydrogen-bond donors (Lipinski definition) is 0. The van der Waals surface area contributed by atoms with Crippen molar-refractivity contribution in [3.8, 4) is 22.8 Å². The van der Waals surface area contributed by atoms with Gasteiger partial charge in [-0.15, -0.1) is 21.5 Å². The first-order valence-corrected chi connectivity index (χ1v) is 10.1. The average molecular weight is 402 g/mol. The van der Waals surface area contributed by atoms with Gasteiger partial charge in [0.05, 0.1) is 5.69 Å². The van der Waals surface area contributed by atoms with Gasteiger partial charge in [-0.2, -0.15) is 0 Å². The minimum Gasteiger partial charge on any atom is -0.454 e. The second-order valence-corrected chi connectivity index (χ2v) is 7.92. The molecule has 0 saturated heterocycles. The Morgan fingerprint density at radius 3 is 2.81 bits per heavy atom. The molecule has 3 heterocycles. The van der Waals surface area contributed by atoms with E-state index in [1.54, 1.807) is 23.1 Å². The Morgan fingerprint density at radius 1 is 1.08 bits per heavy atom. The molecular formula is C18H12ClN3O2S2. The first-order valence-electron chi connectivity index (χ1n) is 7.88. The second kappa shape index (κ2) is 6.50. The Labute approximate surface area is 162 Å². The summed E-state index contributed by atoms with van der Waals surface area (Å²) >= 11 is 9.23. The van der Waals surface area contributed by atoms with E-state index in [9.17, 15) is 0 Å². The third-order valence-electron chi connectivity index (χ3n) is 4.07. The molecule has 130 valence electrons. The molecule has 0 aliphatic carbocycles. The molecule has 0 saturated carbocycles. The topological polar surface area (TPSA) is 48.7 Å². The van der Waals surface area contributed by atoms with Crippen molar-refractivity contribution in [2.45, 2.75) is 10.9 Å². The largest absolute Gasteiger partial charge is 0.454 e. The second-order valence-electron chi connectivity index (χ2n) is 5.70. The van der Waals surface area contributed by atoms with Crippen molar-refractivity contribution in [1.29, 1.82) is 0 Å². The van der Waals surface area contributed by atoms with Crippen LogP contribution in [0.3, 0.4) is 0 Å². The summed E-state index contributed by atoms with van der Waals surface area (Å²) in [6.45, 7) is 0.288. The van der Waals surface area contributed by atoms with Gasteiger partial charge in [0.2, 0.25) is 11.8 Å². The van der Waals surface area contributed by atoms with Gasteiger partial charge in [0.15, 0.2) is 16.7 Å². The van der Waals surface area contributed by atoms with Gasteiger partial charge < -0.3 is 9.47 Å². The summed E-state index contributed by atoms with van der Waals surface area (Å²) in [4.78, 5) is 0.878. The zero-order valence-electron chi connectivity index (χ0n) is 13.4.